The number of sulfone groups is 1. The van der Waals surface area contributed by atoms with E-state index in [1.54, 1.807) is 36.7 Å². The average Bonchev–Trinajstić information content (AvgIpc) is 2.80. The number of nitrogens with one attached hydrogen (secondary N) is 1. The van der Waals surface area contributed by atoms with Crippen molar-refractivity contribution in [2.75, 3.05) is 5.32 Å². The minimum absolute atomic E-state index is 0.0280. The summed E-state index contributed by atoms with van der Waals surface area (Å²) < 4.78 is 64.1. The molecule has 0 radical (unpaired) electrons. The van der Waals surface area contributed by atoms with E-state index in [-0.39, 0.29) is 6.04 Å². The summed E-state index contributed by atoms with van der Waals surface area (Å²) in [6.07, 6.45) is 1.91. The van der Waals surface area contributed by atoms with Crippen LogP contribution < -0.4 is 5.32 Å². The molecule has 168 valence electrons. The molecule has 1 saturated carbocycles. The normalized spacial score (nSPS) is 19.5. The van der Waals surface area contributed by atoms with E-state index in [1.807, 2.05) is 12.1 Å². The molecule has 3 aromatic rings. The Kier molecular flexibility index (Phi) is 6.19. The molecule has 1 aliphatic carbocycles. The van der Waals surface area contributed by atoms with Crippen molar-refractivity contribution >= 4 is 15.7 Å². The smallest absolute Gasteiger partial charge is 0.367 e. The van der Waals surface area contributed by atoms with Crippen LogP contribution in [0.4, 0.5) is 19.0 Å². The molecule has 0 atom stereocenters. The quantitative estimate of drug-likeness (QED) is 0.554. The molecule has 2 heterocycles. The van der Waals surface area contributed by atoms with Gasteiger partial charge in [0.15, 0.2) is 9.84 Å². The van der Waals surface area contributed by atoms with Gasteiger partial charge in [-0.15, -0.1) is 0 Å². The number of pyridine rings is 2. The largest absolute Gasteiger partial charge is 0.417 e. The molecule has 0 spiro atoms. The first-order valence-corrected chi connectivity index (χ1v) is 11.8. The van der Waals surface area contributed by atoms with Gasteiger partial charge in [-0.1, -0.05) is 12.1 Å². The van der Waals surface area contributed by atoms with Crippen LogP contribution in [0.15, 0.2) is 72.0 Å². The highest BCUT2D eigenvalue weighted by atomic mass is 32.2. The maximum atomic E-state index is 13.1. The lowest BCUT2D eigenvalue weighted by molar-refractivity contribution is -0.137. The van der Waals surface area contributed by atoms with Gasteiger partial charge in [-0.05, 0) is 73.2 Å². The predicted octanol–water partition coefficient (Wildman–Crippen LogP) is 5.36. The molecule has 1 aliphatic rings. The minimum Gasteiger partial charge on any atom is -0.367 e. The molecule has 32 heavy (non-hydrogen) atoms. The third-order valence-electron chi connectivity index (χ3n) is 5.75. The summed E-state index contributed by atoms with van der Waals surface area (Å²) in [6, 6.07) is 12.9. The zero-order chi connectivity index (χ0) is 22.8. The van der Waals surface area contributed by atoms with Crippen LogP contribution in [0.5, 0.6) is 0 Å². The third kappa shape index (κ3) is 4.93. The van der Waals surface area contributed by atoms with Crippen molar-refractivity contribution in [1.82, 2.24) is 9.97 Å². The molecule has 0 aliphatic heterocycles. The van der Waals surface area contributed by atoms with Gasteiger partial charge in [0.1, 0.15) is 5.82 Å². The van der Waals surface area contributed by atoms with Crippen LogP contribution in [-0.2, 0) is 16.0 Å². The number of halogens is 3. The van der Waals surface area contributed by atoms with Crippen molar-refractivity contribution in [2.24, 2.45) is 0 Å². The van der Waals surface area contributed by atoms with Crippen LogP contribution in [0.1, 0.15) is 31.2 Å². The molecule has 5 nitrogen and oxygen atoms in total. The number of aromatic nitrogens is 2. The first-order chi connectivity index (χ1) is 15.2. The average molecular weight is 462 g/mol. The van der Waals surface area contributed by atoms with Crippen molar-refractivity contribution in [3.8, 4) is 11.1 Å². The highest BCUT2D eigenvalue weighted by Gasteiger charge is 2.33. The van der Waals surface area contributed by atoms with Crippen LogP contribution in [0, 0.1) is 0 Å². The Morgan fingerprint density at radius 3 is 2.03 bits per heavy atom. The fourth-order valence-corrected chi connectivity index (χ4v) is 5.74. The summed E-state index contributed by atoms with van der Waals surface area (Å²) in [4.78, 5) is 8.12. The van der Waals surface area contributed by atoms with Crippen LogP contribution in [0.25, 0.3) is 11.1 Å². The summed E-state index contributed by atoms with van der Waals surface area (Å²) in [5.74, 6) is 0.357. The van der Waals surface area contributed by atoms with Gasteiger partial charge in [0, 0.05) is 24.6 Å². The first-order valence-electron chi connectivity index (χ1n) is 10.3. The highest BCUT2D eigenvalue weighted by Crippen LogP contribution is 2.32. The van der Waals surface area contributed by atoms with Gasteiger partial charge in [0.25, 0.3) is 0 Å². The molecular formula is C23H22F3N3O2S. The van der Waals surface area contributed by atoms with Crippen molar-refractivity contribution in [1.29, 1.82) is 0 Å². The van der Waals surface area contributed by atoms with Crippen molar-refractivity contribution in [3.63, 3.8) is 0 Å². The van der Waals surface area contributed by atoms with Gasteiger partial charge in [0.05, 0.1) is 15.7 Å². The topological polar surface area (TPSA) is 72.0 Å². The molecule has 1 N–H and O–H groups in total. The van der Waals surface area contributed by atoms with Crippen LogP contribution in [-0.4, -0.2) is 29.7 Å². The molecule has 0 bridgehead atoms. The Morgan fingerprint density at radius 1 is 0.844 bits per heavy atom. The van der Waals surface area contributed by atoms with E-state index in [0.29, 0.717) is 36.4 Å². The molecule has 1 fully saturated rings. The van der Waals surface area contributed by atoms with E-state index in [1.165, 1.54) is 6.07 Å². The van der Waals surface area contributed by atoms with E-state index in [0.717, 1.165) is 23.4 Å². The van der Waals surface area contributed by atoms with Gasteiger partial charge in [-0.2, -0.15) is 13.2 Å². The van der Waals surface area contributed by atoms with Crippen LogP contribution >= 0.6 is 0 Å². The summed E-state index contributed by atoms with van der Waals surface area (Å²) >= 11 is 0. The lowest BCUT2D eigenvalue weighted by Crippen LogP contribution is -2.33. The monoisotopic (exact) mass is 461 g/mol. The number of hydrogen-bond donors (Lipinski definition) is 1. The molecule has 4 rings (SSSR count). The second kappa shape index (κ2) is 8.90. The lowest BCUT2D eigenvalue weighted by Gasteiger charge is -2.29. The first kappa shape index (κ1) is 22.3. The number of alkyl halides is 3. The molecular weight excluding hydrogens is 439 g/mol. The number of anilines is 1. The zero-order valence-corrected chi connectivity index (χ0v) is 17.9. The molecule has 9 heteroatoms. The van der Waals surface area contributed by atoms with Crippen LogP contribution in [0.3, 0.4) is 0 Å². The van der Waals surface area contributed by atoms with E-state index >= 15 is 0 Å². The van der Waals surface area contributed by atoms with E-state index < -0.39 is 26.8 Å². The number of hydrogen-bond acceptors (Lipinski definition) is 5. The van der Waals surface area contributed by atoms with Gasteiger partial charge < -0.3 is 5.32 Å². The fraction of sp³-hybridized carbons (Fsp3) is 0.304. The van der Waals surface area contributed by atoms with Crippen molar-refractivity contribution in [3.05, 3.63) is 72.7 Å². The Hall–Kier alpha value is -2.94. The molecule has 1 aromatic carbocycles. The van der Waals surface area contributed by atoms with E-state index in [4.69, 9.17) is 0 Å². The van der Waals surface area contributed by atoms with Gasteiger partial charge in [-0.3, -0.25) is 4.98 Å². The maximum Gasteiger partial charge on any atom is 0.417 e. The van der Waals surface area contributed by atoms with Gasteiger partial charge in [-0.25, -0.2) is 13.4 Å². The number of nitrogens with zero attached hydrogens (tertiary/aromatic N) is 2. The standard InChI is InChI=1S/C23H22F3N3O2S/c24-23(25,26)18-3-10-22(28-15-18)29-19-4-8-21(9-5-19)32(30,31)20-6-1-16(2-7-20)17-11-13-27-14-12-17/h1-3,6-7,10-15,19,21H,4-5,8-9H2,(H,28,29). The fourth-order valence-electron chi connectivity index (χ4n) is 3.95. The van der Waals surface area contributed by atoms with Crippen molar-refractivity contribution < 1.29 is 21.6 Å². The summed E-state index contributed by atoms with van der Waals surface area (Å²) in [5, 5.41) is 2.64. The highest BCUT2D eigenvalue weighted by molar-refractivity contribution is 7.92. The van der Waals surface area contributed by atoms with E-state index in [9.17, 15) is 21.6 Å². The van der Waals surface area contributed by atoms with Crippen molar-refractivity contribution in [2.45, 2.75) is 48.0 Å². The SMILES string of the molecule is O=S(=O)(c1ccc(-c2ccncc2)cc1)C1CCC(Nc2ccc(C(F)(F)F)cn2)CC1. The van der Waals surface area contributed by atoms with E-state index in [2.05, 4.69) is 15.3 Å². The van der Waals surface area contributed by atoms with Gasteiger partial charge in [0.2, 0.25) is 0 Å². The minimum atomic E-state index is -4.42. The molecule has 0 saturated heterocycles. The molecule has 2 aromatic heterocycles. The van der Waals surface area contributed by atoms with Gasteiger partial charge >= 0.3 is 6.18 Å². The summed E-state index contributed by atoms with van der Waals surface area (Å²) in [5.41, 5.74) is 1.09. The van der Waals surface area contributed by atoms with Crippen LogP contribution in [0.2, 0.25) is 0 Å². The Labute approximate surface area is 184 Å². The number of benzene rings is 1. The summed E-state index contributed by atoms with van der Waals surface area (Å²) in [6.45, 7) is 0. The Morgan fingerprint density at radius 2 is 1.47 bits per heavy atom. The summed E-state index contributed by atoms with van der Waals surface area (Å²) in [7, 11) is -3.46. The predicted molar refractivity (Wildman–Crippen MR) is 116 cm³/mol. The second-order valence-corrected chi connectivity index (χ2v) is 10.1. The molecule has 0 unspecified atom stereocenters. The molecule has 0 amide bonds. The second-order valence-electron chi connectivity index (χ2n) is 7.85. The Balaban J connectivity index is 1.37. The number of rotatable bonds is 5. The third-order valence-corrected chi connectivity index (χ3v) is 8.03. The lowest BCUT2D eigenvalue weighted by atomic mass is 9.95. The zero-order valence-electron chi connectivity index (χ0n) is 17.1. The Bertz CT molecular complexity index is 1140. The maximum absolute atomic E-state index is 13.1.